The fourth-order valence-electron chi connectivity index (χ4n) is 2.49. The molecular weight excluding hydrogens is 375 g/mol. The first kappa shape index (κ1) is 18.7. The van der Waals surface area contributed by atoms with Crippen LogP contribution >= 0.6 is 34.3 Å². The van der Waals surface area contributed by atoms with Gasteiger partial charge in [0.15, 0.2) is 0 Å². The molecule has 0 saturated carbocycles. The SMILES string of the molecule is O=C(NCC(c1cccs1)N1CCOCC1)c1ccc(Cl)s1.[Cl-]. The molecule has 126 valence electrons. The molecule has 1 aliphatic heterocycles. The van der Waals surface area contributed by atoms with Crippen molar-refractivity contribution >= 4 is 40.2 Å². The van der Waals surface area contributed by atoms with Crippen LogP contribution in [0.1, 0.15) is 20.6 Å². The Morgan fingerprint density at radius 1 is 1.35 bits per heavy atom. The minimum atomic E-state index is -0.0632. The van der Waals surface area contributed by atoms with Crippen molar-refractivity contribution in [2.75, 3.05) is 32.8 Å². The maximum Gasteiger partial charge on any atom is 0.261 e. The van der Waals surface area contributed by atoms with Crippen molar-refractivity contribution in [3.05, 3.63) is 43.7 Å². The normalized spacial score (nSPS) is 16.6. The molecule has 4 nitrogen and oxygen atoms in total. The van der Waals surface area contributed by atoms with Crippen molar-refractivity contribution in [1.29, 1.82) is 0 Å². The number of nitrogens with one attached hydrogen (secondary N) is 1. The van der Waals surface area contributed by atoms with E-state index in [2.05, 4.69) is 21.7 Å². The zero-order chi connectivity index (χ0) is 15.4. The summed E-state index contributed by atoms with van der Waals surface area (Å²) < 4.78 is 6.06. The molecule has 1 amide bonds. The molecule has 3 heterocycles. The van der Waals surface area contributed by atoms with Gasteiger partial charge in [-0.15, -0.1) is 22.7 Å². The molecule has 3 rings (SSSR count). The van der Waals surface area contributed by atoms with Gasteiger partial charge in [-0.2, -0.15) is 0 Å². The van der Waals surface area contributed by atoms with Gasteiger partial charge in [0.25, 0.3) is 5.91 Å². The van der Waals surface area contributed by atoms with Gasteiger partial charge < -0.3 is 22.5 Å². The predicted octanol–water partition coefficient (Wildman–Crippen LogP) is 0.270. The van der Waals surface area contributed by atoms with Gasteiger partial charge in [-0.3, -0.25) is 9.69 Å². The van der Waals surface area contributed by atoms with E-state index in [1.54, 1.807) is 23.5 Å². The van der Waals surface area contributed by atoms with Gasteiger partial charge in [-0.25, -0.2) is 0 Å². The molecule has 0 aromatic carbocycles. The second-order valence-corrected chi connectivity index (χ2v) is 7.69. The molecule has 1 fully saturated rings. The monoisotopic (exact) mass is 391 g/mol. The van der Waals surface area contributed by atoms with Crippen LogP contribution in [0.25, 0.3) is 0 Å². The maximum atomic E-state index is 12.2. The Labute approximate surface area is 154 Å². The highest BCUT2D eigenvalue weighted by Crippen LogP contribution is 2.26. The summed E-state index contributed by atoms with van der Waals surface area (Å²) in [6, 6.07) is 7.88. The third-order valence-corrected chi connectivity index (χ3v) is 5.81. The average Bonchev–Trinajstić information content (AvgIpc) is 3.20. The number of nitrogens with zero attached hydrogens (tertiary/aromatic N) is 1. The van der Waals surface area contributed by atoms with Gasteiger partial charge in [0, 0.05) is 24.5 Å². The average molecular weight is 392 g/mol. The van der Waals surface area contributed by atoms with E-state index in [1.165, 1.54) is 16.2 Å². The topological polar surface area (TPSA) is 41.6 Å². The Kier molecular flexibility index (Phi) is 7.33. The summed E-state index contributed by atoms with van der Waals surface area (Å²) in [6.07, 6.45) is 0. The molecule has 1 N–H and O–H groups in total. The van der Waals surface area contributed by atoms with Crippen LogP contribution in [-0.4, -0.2) is 43.7 Å². The van der Waals surface area contributed by atoms with Crippen LogP contribution in [0.2, 0.25) is 4.34 Å². The molecular formula is C15H17Cl2N2O2S2-. The maximum absolute atomic E-state index is 12.2. The lowest BCUT2D eigenvalue weighted by Crippen LogP contribution is -3.00. The lowest BCUT2D eigenvalue weighted by Gasteiger charge is -2.34. The minimum absolute atomic E-state index is 0. The van der Waals surface area contributed by atoms with Crippen molar-refractivity contribution < 1.29 is 21.9 Å². The largest absolute Gasteiger partial charge is 1.00 e. The highest BCUT2D eigenvalue weighted by Gasteiger charge is 2.24. The summed E-state index contributed by atoms with van der Waals surface area (Å²) in [5, 5.41) is 5.11. The number of ether oxygens (including phenoxy) is 1. The van der Waals surface area contributed by atoms with E-state index >= 15 is 0 Å². The Morgan fingerprint density at radius 3 is 2.74 bits per heavy atom. The van der Waals surface area contributed by atoms with Crippen molar-refractivity contribution in [3.63, 3.8) is 0 Å². The molecule has 2 aromatic heterocycles. The highest BCUT2D eigenvalue weighted by atomic mass is 35.5. The number of rotatable bonds is 5. The molecule has 8 heteroatoms. The van der Waals surface area contributed by atoms with E-state index in [0.717, 1.165) is 26.3 Å². The van der Waals surface area contributed by atoms with Gasteiger partial charge >= 0.3 is 0 Å². The first-order chi connectivity index (χ1) is 10.7. The summed E-state index contributed by atoms with van der Waals surface area (Å²) in [5.74, 6) is -0.0632. The van der Waals surface area contributed by atoms with Crippen molar-refractivity contribution in [2.24, 2.45) is 0 Å². The molecule has 1 saturated heterocycles. The van der Waals surface area contributed by atoms with E-state index < -0.39 is 0 Å². The second kappa shape index (κ2) is 9.01. The fourth-order valence-corrected chi connectivity index (χ4v) is 4.31. The summed E-state index contributed by atoms with van der Waals surface area (Å²) in [4.78, 5) is 16.5. The number of amides is 1. The quantitative estimate of drug-likeness (QED) is 0.795. The number of morpholine rings is 1. The molecule has 0 aliphatic carbocycles. The second-order valence-electron chi connectivity index (χ2n) is 4.99. The molecule has 0 radical (unpaired) electrons. The zero-order valence-electron chi connectivity index (χ0n) is 12.3. The molecule has 1 atom stereocenters. The van der Waals surface area contributed by atoms with Crippen molar-refractivity contribution in [1.82, 2.24) is 10.2 Å². The number of carbonyl (C=O) groups is 1. The summed E-state index contributed by atoms with van der Waals surface area (Å²) in [7, 11) is 0. The lowest BCUT2D eigenvalue weighted by atomic mass is 10.2. The van der Waals surface area contributed by atoms with Gasteiger partial charge in [-0.1, -0.05) is 17.7 Å². The predicted molar refractivity (Wildman–Crippen MR) is 91.1 cm³/mol. The van der Waals surface area contributed by atoms with Gasteiger partial charge in [0.1, 0.15) is 0 Å². The first-order valence-corrected chi connectivity index (χ1v) is 9.20. The van der Waals surface area contributed by atoms with Crippen LogP contribution in [0.15, 0.2) is 29.6 Å². The molecule has 0 spiro atoms. The van der Waals surface area contributed by atoms with E-state index in [0.29, 0.717) is 15.8 Å². The van der Waals surface area contributed by atoms with E-state index in [4.69, 9.17) is 16.3 Å². The Bertz CT molecular complexity index is 613. The van der Waals surface area contributed by atoms with Crippen LogP contribution in [0.4, 0.5) is 0 Å². The number of thiophene rings is 2. The van der Waals surface area contributed by atoms with Gasteiger partial charge in [0.05, 0.1) is 28.5 Å². The molecule has 2 aromatic rings. The molecule has 1 aliphatic rings. The number of halogens is 2. The zero-order valence-corrected chi connectivity index (χ0v) is 15.5. The first-order valence-electron chi connectivity index (χ1n) is 7.13. The van der Waals surface area contributed by atoms with E-state index in [-0.39, 0.29) is 24.4 Å². The van der Waals surface area contributed by atoms with E-state index in [9.17, 15) is 4.79 Å². The minimum Gasteiger partial charge on any atom is -1.00 e. The summed E-state index contributed by atoms with van der Waals surface area (Å²) in [5.41, 5.74) is 0. The third kappa shape index (κ3) is 4.92. The summed E-state index contributed by atoms with van der Waals surface area (Å²) in [6.45, 7) is 3.87. The highest BCUT2D eigenvalue weighted by molar-refractivity contribution is 7.18. The Morgan fingerprint density at radius 2 is 2.13 bits per heavy atom. The smallest absolute Gasteiger partial charge is 0.261 e. The van der Waals surface area contributed by atoms with Crippen LogP contribution < -0.4 is 17.7 Å². The molecule has 1 unspecified atom stereocenters. The number of carbonyl (C=O) groups excluding carboxylic acids is 1. The van der Waals surface area contributed by atoms with Crippen molar-refractivity contribution in [3.8, 4) is 0 Å². The number of hydrogen-bond donors (Lipinski definition) is 1. The molecule has 0 bridgehead atoms. The fraction of sp³-hybridized carbons (Fsp3) is 0.400. The van der Waals surface area contributed by atoms with Crippen LogP contribution in [0.5, 0.6) is 0 Å². The van der Waals surface area contributed by atoms with Crippen LogP contribution in [0, 0.1) is 0 Å². The van der Waals surface area contributed by atoms with Crippen LogP contribution in [0.3, 0.4) is 0 Å². The van der Waals surface area contributed by atoms with Gasteiger partial charge in [0.2, 0.25) is 0 Å². The third-order valence-electron chi connectivity index (χ3n) is 3.61. The Balaban J connectivity index is 0.00000192. The van der Waals surface area contributed by atoms with Crippen LogP contribution in [-0.2, 0) is 4.74 Å². The lowest BCUT2D eigenvalue weighted by molar-refractivity contribution is -0.0000171. The van der Waals surface area contributed by atoms with Gasteiger partial charge in [-0.05, 0) is 23.6 Å². The van der Waals surface area contributed by atoms with E-state index in [1.807, 2.05) is 6.07 Å². The Hall–Kier alpha value is -0.630. The number of hydrogen-bond acceptors (Lipinski definition) is 5. The summed E-state index contributed by atoms with van der Waals surface area (Å²) >= 11 is 8.92. The molecule has 23 heavy (non-hydrogen) atoms. The van der Waals surface area contributed by atoms with Crippen molar-refractivity contribution in [2.45, 2.75) is 6.04 Å². The standard InChI is InChI=1S/C15H17ClN2O2S2.ClH/c16-14-4-3-13(22-14)15(19)17-10-11(12-2-1-9-21-12)18-5-7-20-8-6-18;/h1-4,9,11H,5-8,10H2,(H,17,19);1H/p-1.